The van der Waals surface area contributed by atoms with Crippen molar-refractivity contribution in [3.8, 4) is 5.75 Å². The number of nitrogens with zero attached hydrogens (tertiary/aromatic N) is 1. The zero-order valence-corrected chi connectivity index (χ0v) is 23.8. The van der Waals surface area contributed by atoms with Crippen molar-refractivity contribution in [3.63, 3.8) is 0 Å². The van der Waals surface area contributed by atoms with E-state index in [2.05, 4.69) is 5.32 Å². The summed E-state index contributed by atoms with van der Waals surface area (Å²) in [7, 11) is 0. The Hall–Kier alpha value is -3.66. The van der Waals surface area contributed by atoms with Gasteiger partial charge >= 0.3 is 12.0 Å². The Labute approximate surface area is 245 Å². The number of hydrogen-bond donors (Lipinski definition) is 2. The molecule has 0 radical (unpaired) electrons. The summed E-state index contributed by atoms with van der Waals surface area (Å²) in [5, 5.41) is 12.8. The molecule has 1 atom stereocenters. The second-order valence-corrected chi connectivity index (χ2v) is 9.73. The Balaban J connectivity index is 1.48. The second-order valence-electron chi connectivity index (χ2n) is 9.29. The molecule has 0 bridgehead atoms. The van der Waals surface area contributed by atoms with Crippen LogP contribution in [-0.4, -0.2) is 61.0 Å². The molecule has 3 aromatic carbocycles. The monoisotopic (exact) mass is 586 g/mol. The smallest absolute Gasteiger partial charge is 0.333 e. The third-order valence-electron chi connectivity index (χ3n) is 6.15. The highest BCUT2D eigenvalue weighted by Gasteiger charge is 2.18. The van der Waals surface area contributed by atoms with Crippen molar-refractivity contribution in [2.75, 3.05) is 38.2 Å². The van der Waals surface area contributed by atoms with Crippen molar-refractivity contribution >= 4 is 29.3 Å². The maximum absolute atomic E-state index is 13.0. The fourth-order valence-corrected chi connectivity index (χ4v) is 4.08. The van der Waals surface area contributed by atoms with Crippen LogP contribution in [0.3, 0.4) is 0 Å². The summed E-state index contributed by atoms with van der Waals surface area (Å²) in [4.78, 5) is 26.1. The molecule has 0 aliphatic rings. The first kappa shape index (κ1) is 31.9. The van der Waals surface area contributed by atoms with E-state index in [1.165, 1.54) is 12.1 Å². The highest BCUT2D eigenvalue weighted by Crippen LogP contribution is 2.16. The molecule has 0 spiro atoms. The first-order chi connectivity index (χ1) is 19.8. The number of ether oxygens (including phenoxy) is 3. The molecule has 10 heteroatoms. The van der Waals surface area contributed by atoms with Crippen LogP contribution in [0, 0.1) is 5.82 Å². The molecule has 41 heavy (non-hydrogen) atoms. The van der Waals surface area contributed by atoms with Crippen molar-refractivity contribution in [3.05, 3.63) is 94.8 Å². The Kier molecular flexibility index (Phi) is 13.4. The van der Waals surface area contributed by atoms with Gasteiger partial charge in [0.2, 0.25) is 0 Å². The van der Waals surface area contributed by atoms with Gasteiger partial charge in [-0.05, 0) is 79.4 Å². The number of nitrogens with one attached hydrogen (secondary N) is 1. The van der Waals surface area contributed by atoms with Crippen LogP contribution in [0.1, 0.15) is 30.9 Å². The van der Waals surface area contributed by atoms with Crippen molar-refractivity contribution < 1.29 is 33.3 Å². The molecule has 2 N–H and O–H groups in total. The van der Waals surface area contributed by atoms with E-state index in [1.54, 1.807) is 72.5 Å². The van der Waals surface area contributed by atoms with Crippen LogP contribution < -0.4 is 10.1 Å². The van der Waals surface area contributed by atoms with Crippen molar-refractivity contribution in [1.82, 2.24) is 4.90 Å². The fourth-order valence-electron chi connectivity index (χ4n) is 3.96. The minimum Gasteiger partial charge on any atom is -0.492 e. The highest BCUT2D eigenvalue weighted by atomic mass is 35.5. The number of urea groups is 1. The van der Waals surface area contributed by atoms with Crippen molar-refractivity contribution in [2.24, 2.45) is 0 Å². The number of carbonyl (C=O) groups excluding carboxylic acids is 1. The molecule has 0 aliphatic carbocycles. The molecule has 8 nitrogen and oxygen atoms in total. The topological polar surface area (TPSA) is 97.3 Å². The molecule has 220 valence electrons. The summed E-state index contributed by atoms with van der Waals surface area (Å²) >= 11 is 5.96. The molecule has 0 saturated carbocycles. The zero-order valence-electron chi connectivity index (χ0n) is 23.1. The Morgan fingerprint density at radius 1 is 0.927 bits per heavy atom. The second kappa shape index (κ2) is 17.2. The van der Waals surface area contributed by atoms with Gasteiger partial charge in [0.25, 0.3) is 0 Å². The number of aliphatic carboxylic acids is 1. The lowest BCUT2D eigenvalue weighted by Crippen LogP contribution is -2.38. The molecule has 0 saturated heterocycles. The van der Waals surface area contributed by atoms with Crippen molar-refractivity contribution in [2.45, 2.75) is 38.9 Å². The first-order valence-electron chi connectivity index (χ1n) is 13.5. The number of rotatable bonds is 17. The van der Waals surface area contributed by atoms with E-state index in [-0.39, 0.29) is 24.9 Å². The van der Waals surface area contributed by atoms with Gasteiger partial charge in [-0.3, -0.25) is 0 Å². The number of unbranched alkanes of at least 4 members (excludes halogenated alkanes) is 1. The number of halogens is 2. The van der Waals surface area contributed by atoms with E-state index in [4.69, 9.17) is 25.8 Å². The third kappa shape index (κ3) is 11.8. The van der Waals surface area contributed by atoms with Gasteiger partial charge in [0, 0.05) is 36.9 Å². The maximum atomic E-state index is 13.0. The normalized spacial score (nSPS) is 11.6. The number of anilines is 1. The first-order valence-corrected chi connectivity index (χ1v) is 13.9. The van der Waals surface area contributed by atoms with Crippen LogP contribution in [0.25, 0.3) is 0 Å². The molecular weight excluding hydrogens is 551 g/mol. The molecule has 3 rings (SSSR count). The molecule has 0 fully saturated rings. The van der Waals surface area contributed by atoms with E-state index in [9.17, 15) is 19.1 Å². The van der Waals surface area contributed by atoms with Gasteiger partial charge in [0.05, 0.1) is 13.2 Å². The summed E-state index contributed by atoms with van der Waals surface area (Å²) in [6, 6.07) is 20.0. The Bertz CT molecular complexity index is 1210. The van der Waals surface area contributed by atoms with Crippen LogP contribution in [0.4, 0.5) is 14.9 Å². The summed E-state index contributed by atoms with van der Waals surface area (Å²) < 4.78 is 29.9. The van der Waals surface area contributed by atoms with Gasteiger partial charge in [-0.25, -0.2) is 14.0 Å². The zero-order chi connectivity index (χ0) is 29.5. The van der Waals surface area contributed by atoms with Crippen LogP contribution in [0.2, 0.25) is 5.02 Å². The Morgan fingerprint density at radius 3 is 2.27 bits per heavy atom. The SMILES string of the molecule is CCOC(Cc1ccc(OCCN(CCCCOCc2ccc(F)cc2)C(=O)Nc2ccc(Cl)cc2)cc1)C(=O)O. The van der Waals surface area contributed by atoms with E-state index >= 15 is 0 Å². The lowest BCUT2D eigenvalue weighted by Gasteiger charge is -2.23. The average molecular weight is 587 g/mol. The summed E-state index contributed by atoms with van der Waals surface area (Å²) in [5.41, 5.74) is 2.36. The Morgan fingerprint density at radius 2 is 1.61 bits per heavy atom. The highest BCUT2D eigenvalue weighted by molar-refractivity contribution is 6.30. The molecule has 2 amide bonds. The van der Waals surface area contributed by atoms with E-state index in [0.29, 0.717) is 49.4 Å². The standard InChI is InChI=1S/C31H36ClFN2O6/c1-2-40-29(30(36)37)21-23-7-15-28(16-8-23)41-20-18-35(31(38)34-27-13-9-25(32)10-14-27)17-3-4-19-39-22-24-5-11-26(33)12-6-24/h5-16,29H,2-4,17-22H2,1H3,(H,34,38)(H,36,37). The van der Waals surface area contributed by atoms with Crippen LogP contribution in [0.15, 0.2) is 72.8 Å². The number of hydrogen-bond acceptors (Lipinski definition) is 5. The maximum Gasteiger partial charge on any atom is 0.333 e. The van der Waals surface area contributed by atoms with E-state index < -0.39 is 12.1 Å². The minimum absolute atomic E-state index is 0.255. The summed E-state index contributed by atoms with van der Waals surface area (Å²) in [6.45, 7) is 4.11. The van der Waals surface area contributed by atoms with Gasteiger partial charge in [0.15, 0.2) is 6.10 Å². The largest absolute Gasteiger partial charge is 0.492 e. The quantitative estimate of drug-likeness (QED) is 0.177. The van der Waals surface area contributed by atoms with Crippen LogP contribution in [0.5, 0.6) is 5.75 Å². The average Bonchev–Trinajstić information content (AvgIpc) is 2.96. The molecule has 0 aliphatic heterocycles. The summed E-state index contributed by atoms with van der Waals surface area (Å²) in [5.74, 6) is -0.661. The minimum atomic E-state index is -0.997. The van der Waals surface area contributed by atoms with Gasteiger partial charge in [0.1, 0.15) is 18.2 Å². The molecule has 0 aromatic heterocycles. The number of carboxylic acid groups (broad SMARTS) is 1. The molecule has 3 aromatic rings. The van der Waals surface area contributed by atoms with Gasteiger partial charge in [-0.1, -0.05) is 35.9 Å². The lowest BCUT2D eigenvalue weighted by molar-refractivity contribution is -0.149. The molecule has 0 heterocycles. The molecular formula is C31H36ClFN2O6. The predicted octanol–water partition coefficient (Wildman–Crippen LogP) is 6.42. The lowest BCUT2D eigenvalue weighted by atomic mass is 10.1. The molecule has 1 unspecified atom stereocenters. The number of benzene rings is 3. The fraction of sp³-hybridized carbons (Fsp3) is 0.355. The number of carbonyl (C=O) groups is 2. The van der Waals surface area contributed by atoms with Crippen LogP contribution >= 0.6 is 11.6 Å². The van der Waals surface area contributed by atoms with Gasteiger partial charge in [-0.2, -0.15) is 0 Å². The third-order valence-corrected chi connectivity index (χ3v) is 6.40. The van der Waals surface area contributed by atoms with Crippen LogP contribution in [-0.2, 0) is 27.3 Å². The number of amides is 2. The van der Waals surface area contributed by atoms with Gasteiger partial charge in [-0.15, -0.1) is 0 Å². The van der Waals surface area contributed by atoms with E-state index in [1.807, 2.05) is 0 Å². The van der Waals surface area contributed by atoms with Crippen molar-refractivity contribution in [1.29, 1.82) is 0 Å². The van der Waals surface area contributed by atoms with Gasteiger partial charge < -0.3 is 29.5 Å². The van der Waals surface area contributed by atoms with E-state index in [0.717, 1.165) is 24.0 Å². The summed E-state index contributed by atoms with van der Waals surface area (Å²) in [6.07, 6.45) is 0.826. The number of carboxylic acids is 1. The predicted molar refractivity (Wildman–Crippen MR) is 156 cm³/mol.